The summed E-state index contributed by atoms with van der Waals surface area (Å²) < 4.78 is 6.35. The zero-order valence-corrected chi connectivity index (χ0v) is 8.65. The Hall–Kier alpha value is -1.36. The molecule has 0 aromatic carbocycles. The Balaban J connectivity index is 2.79. The fourth-order valence-electron chi connectivity index (χ4n) is 1.17. The number of carbonyl (C=O) groups is 1. The molecule has 1 unspecified atom stereocenters. The van der Waals surface area contributed by atoms with Crippen molar-refractivity contribution in [3.05, 3.63) is 18.2 Å². The van der Waals surface area contributed by atoms with Crippen molar-refractivity contribution < 1.29 is 9.53 Å². The van der Waals surface area contributed by atoms with Gasteiger partial charge in [0, 0.05) is 13.2 Å². The van der Waals surface area contributed by atoms with Gasteiger partial charge in [-0.15, -0.1) is 0 Å². The van der Waals surface area contributed by atoms with Gasteiger partial charge in [-0.05, 0) is 6.92 Å². The average molecular weight is 197 g/mol. The maximum absolute atomic E-state index is 11.1. The molecule has 0 aliphatic rings. The second kappa shape index (κ2) is 3.79. The topological polar surface area (TPSA) is 70.1 Å². The molecule has 1 heterocycles. The SMILES string of the molecule is COC(=O)CC(C)(N)c1cn(C)cn1. The van der Waals surface area contributed by atoms with Crippen molar-refractivity contribution in [1.82, 2.24) is 9.55 Å². The van der Waals surface area contributed by atoms with Gasteiger partial charge in [-0.1, -0.05) is 0 Å². The molecule has 0 fully saturated rings. The lowest BCUT2D eigenvalue weighted by molar-refractivity contribution is -0.142. The van der Waals surface area contributed by atoms with Crippen LogP contribution in [0.5, 0.6) is 0 Å². The molecule has 2 N–H and O–H groups in total. The summed E-state index contributed by atoms with van der Waals surface area (Å²) in [4.78, 5) is 15.2. The molecule has 14 heavy (non-hydrogen) atoms. The van der Waals surface area contributed by atoms with E-state index in [-0.39, 0.29) is 12.4 Å². The molecule has 1 aromatic rings. The summed E-state index contributed by atoms with van der Waals surface area (Å²) in [5.74, 6) is -0.333. The zero-order chi connectivity index (χ0) is 10.8. The Morgan fingerprint density at radius 2 is 2.43 bits per heavy atom. The molecular weight excluding hydrogens is 182 g/mol. The van der Waals surface area contributed by atoms with Crippen molar-refractivity contribution in [3.63, 3.8) is 0 Å². The van der Waals surface area contributed by atoms with E-state index in [0.717, 1.165) is 0 Å². The van der Waals surface area contributed by atoms with Gasteiger partial charge in [0.1, 0.15) is 0 Å². The van der Waals surface area contributed by atoms with Gasteiger partial charge in [0.2, 0.25) is 0 Å². The predicted molar refractivity (Wildman–Crippen MR) is 51.4 cm³/mol. The second-order valence-electron chi connectivity index (χ2n) is 3.59. The van der Waals surface area contributed by atoms with Crippen molar-refractivity contribution in [2.24, 2.45) is 12.8 Å². The van der Waals surface area contributed by atoms with Crippen LogP contribution in [0.25, 0.3) is 0 Å². The summed E-state index contributed by atoms with van der Waals surface area (Å²) >= 11 is 0. The van der Waals surface area contributed by atoms with Gasteiger partial charge in [-0.25, -0.2) is 4.98 Å². The van der Waals surface area contributed by atoms with E-state index < -0.39 is 5.54 Å². The Labute approximate surface area is 82.9 Å². The van der Waals surface area contributed by atoms with E-state index in [4.69, 9.17) is 5.73 Å². The molecule has 5 heteroatoms. The first kappa shape index (κ1) is 10.7. The normalized spacial score (nSPS) is 14.9. The maximum Gasteiger partial charge on any atom is 0.307 e. The van der Waals surface area contributed by atoms with Crippen molar-refractivity contribution >= 4 is 5.97 Å². The van der Waals surface area contributed by atoms with Gasteiger partial charge < -0.3 is 15.0 Å². The number of ether oxygens (including phenoxy) is 1. The Morgan fingerprint density at radius 1 is 1.79 bits per heavy atom. The molecule has 0 saturated carbocycles. The molecule has 0 saturated heterocycles. The van der Waals surface area contributed by atoms with E-state index in [0.29, 0.717) is 5.69 Å². The molecule has 0 aliphatic carbocycles. The number of esters is 1. The van der Waals surface area contributed by atoms with E-state index in [9.17, 15) is 4.79 Å². The highest BCUT2D eigenvalue weighted by atomic mass is 16.5. The quantitative estimate of drug-likeness (QED) is 0.700. The zero-order valence-electron chi connectivity index (χ0n) is 8.65. The molecule has 0 aliphatic heterocycles. The molecular formula is C9H15N3O2. The molecule has 5 nitrogen and oxygen atoms in total. The van der Waals surface area contributed by atoms with Crippen LogP contribution >= 0.6 is 0 Å². The van der Waals surface area contributed by atoms with Crippen LogP contribution in [0.4, 0.5) is 0 Å². The monoisotopic (exact) mass is 197 g/mol. The van der Waals surface area contributed by atoms with Gasteiger partial charge in [-0.3, -0.25) is 4.79 Å². The summed E-state index contributed by atoms with van der Waals surface area (Å²) in [7, 11) is 3.20. The third kappa shape index (κ3) is 2.32. The lowest BCUT2D eigenvalue weighted by Gasteiger charge is -2.20. The molecule has 0 amide bonds. The van der Waals surface area contributed by atoms with E-state index in [1.54, 1.807) is 24.0 Å². The highest BCUT2D eigenvalue weighted by molar-refractivity contribution is 5.70. The first-order chi connectivity index (χ1) is 6.45. The molecule has 0 spiro atoms. The number of imidazole rings is 1. The Kier molecular flexibility index (Phi) is 2.90. The first-order valence-corrected chi connectivity index (χ1v) is 4.30. The fraction of sp³-hybridized carbons (Fsp3) is 0.556. The maximum atomic E-state index is 11.1. The molecule has 1 atom stereocenters. The number of methoxy groups -OCH3 is 1. The van der Waals surface area contributed by atoms with Gasteiger partial charge >= 0.3 is 5.97 Å². The summed E-state index contributed by atoms with van der Waals surface area (Å²) in [6, 6.07) is 0. The Morgan fingerprint density at radius 3 is 2.86 bits per heavy atom. The average Bonchev–Trinajstić information content (AvgIpc) is 2.51. The summed E-state index contributed by atoms with van der Waals surface area (Å²) in [6.07, 6.45) is 3.57. The van der Waals surface area contributed by atoms with Crippen LogP contribution < -0.4 is 5.73 Å². The lowest BCUT2D eigenvalue weighted by atomic mass is 9.96. The first-order valence-electron chi connectivity index (χ1n) is 4.30. The van der Waals surface area contributed by atoms with E-state index in [1.807, 2.05) is 7.05 Å². The summed E-state index contributed by atoms with van der Waals surface area (Å²) in [5.41, 5.74) is 5.87. The van der Waals surface area contributed by atoms with Crippen LogP contribution in [0.3, 0.4) is 0 Å². The van der Waals surface area contributed by atoms with E-state index in [2.05, 4.69) is 9.72 Å². The smallest absolute Gasteiger partial charge is 0.307 e. The van der Waals surface area contributed by atoms with Gasteiger partial charge in [0.25, 0.3) is 0 Å². The highest BCUT2D eigenvalue weighted by Crippen LogP contribution is 2.19. The van der Waals surface area contributed by atoms with Crippen LogP contribution in [0.15, 0.2) is 12.5 Å². The third-order valence-electron chi connectivity index (χ3n) is 2.03. The molecule has 78 valence electrons. The number of hydrogen-bond acceptors (Lipinski definition) is 4. The molecule has 1 rings (SSSR count). The number of nitrogens with zero attached hydrogens (tertiary/aromatic N) is 2. The number of hydrogen-bond donors (Lipinski definition) is 1. The number of nitrogens with two attached hydrogens (primary N) is 1. The van der Waals surface area contributed by atoms with Crippen LogP contribution in [-0.2, 0) is 22.1 Å². The highest BCUT2D eigenvalue weighted by Gasteiger charge is 2.27. The van der Waals surface area contributed by atoms with Crippen LogP contribution in [0.2, 0.25) is 0 Å². The van der Waals surface area contributed by atoms with Gasteiger partial charge in [-0.2, -0.15) is 0 Å². The number of aryl methyl sites for hydroxylation is 1. The van der Waals surface area contributed by atoms with E-state index in [1.165, 1.54) is 7.11 Å². The van der Waals surface area contributed by atoms with Crippen LogP contribution in [0, 0.1) is 0 Å². The minimum atomic E-state index is -0.769. The molecule has 0 radical (unpaired) electrons. The fourth-order valence-corrected chi connectivity index (χ4v) is 1.17. The molecule has 1 aromatic heterocycles. The minimum absolute atomic E-state index is 0.126. The number of rotatable bonds is 3. The number of carbonyl (C=O) groups excluding carboxylic acids is 1. The van der Waals surface area contributed by atoms with Gasteiger partial charge in [0.05, 0.1) is 31.1 Å². The lowest BCUT2D eigenvalue weighted by Crippen LogP contribution is -2.36. The summed E-state index contributed by atoms with van der Waals surface area (Å²) in [5, 5.41) is 0. The van der Waals surface area contributed by atoms with Crippen molar-refractivity contribution in [2.75, 3.05) is 7.11 Å². The van der Waals surface area contributed by atoms with Crippen molar-refractivity contribution in [2.45, 2.75) is 18.9 Å². The van der Waals surface area contributed by atoms with Gasteiger partial charge in [0.15, 0.2) is 0 Å². The minimum Gasteiger partial charge on any atom is -0.469 e. The predicted octanol–water partition coefficient (Wildman–Crippen LogP) is 0.157. The second-order valence-corrected chi connectivity index (χ2v) is 3.59. The third-order valence-corrected chi connectivity index (χ3v) is 2.03. The van der Waals surface area contributed by atoms with Crippen molar-refractivity contribution in [3.8, 4) is 0 Å². The summed E-state index contributed by atoms with van der Waals surface area (Å²) in [6.45, 7) is 1.76. The standard InChI is InChI=1S/C9H15N3O2/c1-9(10,4-8(13)14-3)7-5-12(2)6-11-7/h5-6H,4,10H2,1-3H3. The largest absolute Gasteiger partial charge is 0.469 e. The number of aromatic nitrogens is 2. The van der Waals surface area contributed by atoms with Crippen LogP contribution in [-0.4, -0.2) is 22.6 Å². The van der Waals surface area contributed by atoms with E-state index >= 15 is 0 Å². The van der Waals surface area contributed by atoms with Crippen LogP contribution in [0.1, 0.15) is 19.0 Å². The molecule has 0 bridgehead atoms. The Bertz CT molecular complexity index is 331. The van der Waals surface area contributed by atoms with Crippen molar-refractivity contribution in [1.29, 1.82) is 0 Å².